The van der Waals surface area contributed by atoms with Crippen molar-refractivity contribution in [2.24, 2.45) is 0 Å². The molecular weight excluding hydrogens is 338 g/mol. The van der Waals surface area contributed by atoms with Gasteiger partial charge in [0, 0.05) is 5.69 Å². The SMILES string of the molecule is CCOC(=O)c1ccc(NC(=O)Nc2nnc3cccc(OC)n23)cc1. The molecule has 0 aliphatic heterocycles. The summed E-state index contributed by atoms with van der Waals surface area (Å²) in [7, 11) is 1.52. The number of carbonyl (C=O) groups is 2. The first-order valence-electron chi connectivity index (χ1n) is 7.85. The van der Waals surface area contributed by atoms with Gasteiger partial charge < -0.3 is 14.8 Å². The van der Waals surface area contributed by atoms with Crippen molar-refractivity contribution in [3.8, 4) is 5.88 Å². The van der Waals surface area contributed by atoms with Crippen LogP contribution >= 0.6 is 0 Å². The van der Waals surface area contributed by atoms with Gasteiger partial charge in [-0.1, -0.05) is 6.07 Å². The van der Waals surface area contributed by atoms with E-state index in [1.807, 2.05) is 0 Å². The van der Waals surface area contributed by atoms with Crippen LogP contribution in [0.1, 0.15) is 17.3 Å². The van der Waals surface area contributed by atoms with Gasteiger partial charge in [0.25, 0.3) is 0 Å². The van der Waals surface area contributed by atoms with E-state index in [-0.39, 0.29) is 5.95 Å². The van der Waals surface area contributed by atoms with Crippen LogP contribution in [0.4, 0.5) is 16.4 Å². The molecule has 0 saturated heterocycles. The van der Waals surface area contributed by atoms with Gasteiger partial charge in [-0.2, -0.15) is 0 Å². The molecule has 0 spiro atoms. The molecule has 2 N–H and O–H groups in total. The third-order valence-corrected chi connectivity index (χ3v) is 3.48. The number of benzene rings is 1. The molecule has 0 aliphatic rings. The van der Waals surface area contributed by atoms with E-state index in [0.717, 1.165) is 0 Å². The van der Waals surface area contributed by atoms with Crippen LogP contribution in [0.2, 0.25) is 0 Å². The lowest BCUT2D eigenvalue weighted by Gasteiger charge is -2.09. The summed E-state index contributed by atoms with van der Waals surface area (Å²) in [6, 6.07) is 11.1. The number of aromatic nitrogens is 3. The number of amides is 2. The van der Waals surface area contributed by atoms with Crippen LogP contribution in [-0.4, -0.2) is 40.3 Å². The summed E-state index contributed by atoms with van der Waals surface area (Å²) >= 11 is 0. The Bertz CT molecular complexity index is 936. The number of carbonyl (C=O) groups excluding carboxylic acids is 2. The Morgan fingerprint density at radius 1 is 1.08 bits per heavy atom. The number of methoxy groups -OCH3 is 1. The van der Waals surface area contributed by atoms with Gasteiger partial charge in [-0.05, 0) is 43.3 Å². The highest BCUT2D eigenvalue weighted by molar-refractivity contribution is 5.99. The highest BCUT2D eigenvalue weighted by Gasteiger charge is 2.13. The second-order valence-electron chi connectivity index (χ2n) is 5.16. The lowest BCUT2D eigenvalue weighted by Crippen LogP contribution is -2.21. The van der Waals surface area contributed by atoms with Crippen molar-refractivity contribution >= 4 is 29.3 Å². The summed E-state index contributed by atoms with van der Waals surface area (Å²) in [5.74, 6) is 0.296. The fourth-order valence-electron chi connectivity index (χ4n) is 2.32. The summed E-state index contributed by atoms with van der Waals surface area (Å²) in [5.41, 5.74) is 1.46. The third-order valence-electron chi connectivity index (χ3n) is 3.48. The second-order valence-corrected chi connectivity index (χ2v) is 5.16. The van der Waals surface area contributed by atoms with Crippen molar-refractivity contribution < 1.29 is 19.1 Å². The van der Waals surface area contributed by atoms with Gasteiger partial charge in [-0.25, -0.2) is 14.0 Å². The van der Waals surface area contributed by atoms with Crippen molar-refractivity contribution in [1.29, 1.82) is 0 Å². The van der Waals surface area contributed by atoms with E-state index in [1.165, 1.54) is 7.11 Å². The van der Waals surface area contributed by atoms with Gasteiger partial charge >= 0.3 is 12.0 Å². The zero-order valence-electron chi connectivity index (χ0n) is 14.2. The molecule has 0 fully saturated rings. The monoisotopic (exact) mass is 355 g/mol. The summed E-state index contributed by atoms with van der Waals surface area (Å²) in [4.78, 5) is 23.8. The molecule has 26 heavy (non-hydrogen) atoms. The van der Waals surface area contributed by atoms with Gasteiger partial charge in [-0.3, -0.25) is 5.32 Å². The lowest BCUT2D eigenvalue weighted by molar-refractivity contribution is 0.0526. The maximum Gasteiger partial charge on any atom is 0.338 e. The van der Waals surface area contributed by atoms with Crippen molar-refractivity contribution in [2.75, 3.05) is 24.4 Å². The van der Waals surface area contributed by atoms with Gasteiger partial charge in [0.2, 0.25) is 11.8 Å². The molecule has 0 unspecified atom stereocenters. The van der Waals surface area contributed by atoms with E-state index in [1.54, 1.807) is 53.8 Å². The van der Waals surface area contributed by atoms with E-state index in [2.05, 4.69) is 20.8 Å². The normalized spacial score (nSPS) is 10.4. The summed E-state index contributed by atoms with van der Waals surface area (Å²) in [5, 5.41) is 13.2. The van der Waals surface area contributed by atoms with Crippen molar-refractivity contribution in [2.45, 2.75) is 6.92 Å². The van der Waals surface area contributed by atoms with Crippen molar-refractivity contribution in [1.82, 2.24) is 14.6 Å². The Morgan fingerprint density at radius 3 is 2.54 bits per heavy atom. The number of nitrogens with one attached hydrogen (secondary N) is 2. The molecule has 0 aliphatic carbocycles. The predicted molar refractivity (Wildman–Crippen MR) is 94.6 cm³/mol. The van der Waals surface area contributed by atoms with Crippen LogP contribution in [0.3, 0.4) is 0 Å². The van der Waals surface area contributed by atoms with Gasteiger partial charge in [0.15, 0.2) is 5.65 Å². The first-order valence-corrected chi connectivity index (χ1v) is 7.85. The Labute approximate surface area is 148 Å². The minimum absolute atomic E-state index is 0.220. The topological polar surface area (TPSA) is 107 Å². The Kier molecular flexibility index (Phi) is 4.97. The molecule has 0 radical (unpaired) electrons. The molecule has 3 aromatic rings. The van der Waals surface area contributed by atoms with Crippen LogP contribution in [-0.2, 0) is 4.74 Å². The summed E-state index contributed by atoms with van der Waals surface area (Å²) in [6.45, 7) is 2.04. The Morgan fingerprint density at radius 2 is 1.85 bits per heavy atom. The van der Waals surface area contributed by atoms with E-state index in [9.17, 15) is 9.59 Å². The number of esters is 1. The number of rotatable bonds is 5. The Hall–Kier alpha value is -3.62. The van der Waals surface area contributed by atoms with Gasteiger partial charge in [0.1, 0.15) is 0 Å². The fraction of sp³-hybridized carbons (Fsp3) is 0.176. The maximum absolute atomic E-state index is 12.2. The summed E-state index contributed by atoms with van der Waals surface area (Å²) < 4.78 is 11.7. The number of hydrogen-bond donors (Lipinski definition) is 2. The standard InChI is InChI=1S/C17H17N5O4/c1-3-26-15(23)11-7-9-12(10-8-11)18-17(24)19-16-21-20-13-5-4-6-14(25-2)22(13)16/h4-10H,3H2,1-2H3,(H2,18,19,21,24). The van der Waals surface area contributed by atoms with Crippen LogP contribution < -0.4 is 15.4 Å². The highest BCUT2D eigenvalue weighted by Crippen LogP contribution is 2.18. The first kappa shape index (κ1) is 17.2. The maximum atomic E-state index is 12.2. The lowest BCUT2D eigenvalue weighted by atomic mass is 10.2. The highest BCUT2D eigenvalue weighted by atomic mass is 16.5. The van der Waals surface area contributed by atoms with Crippen LogP contribution in [0.15, 0.2) is 42.5 Å². The molecule has 2 aromatic heterocycles. The second kappa shape index (κ2) is 7.51. The first-order chi connectivity index (χ1) is 12.6. The zero-order chi connectivity index (χ0) is 18.5. The largest absolute Gasteiger partial charge is 0.482 e. The van der Waals surface area contributed by atoms with Crippen molar-refractivity contribution in [3.63, 3.8) is 0 Å². The van der Waals surface area contributed by atoms with Gasteiger partial charge in [-0.15, -0.1) is 10.2 Å². The number of hydrogen-bond acceptors (Lipinski definition) is 6. The van der Waals surface area contributed by atoms with Crippen LogP contribution in [0.5, 0.6) is 5.88 Å². The van der Waals surface area contributed by atoms with E-state index < -0.39 is 12.0 Å². The smallest absolute Gasteiger partial charge is 0.338 e. The predicted octanol–water partition coefficient (Wildman–Crippen LogP) is 2.56. The fourth-order valence-corrected chi connectivity index (χ4v) is 2.32. The average molecular weight is 355 g/mol. The Balaban J connectivity index is 1.71. The molecule has 0 bridgehead atoms. The quantitative estimate of drug-likeness (QED) is 0.681. The molecular formula is C17H17N5O4. The minimum Gasteiger partial charge on any atom is -0.482 e. The number of anilines is 2. The zero-order valence-corrected chi connectivity index (χ0v) is 14.2. The minimum atomic E-state index is -0.505. The molecule has 9 nitrogen and oxygen atoms in total. The average Bonchev–Trinajstić information content (AvgIpc) is 3.05. The van der Waals surface area contributed by atoms with Gasteiger partial charge in [0.05, 0.1) is 19.3 Å². The van der Waals surface area contributed by atoms with Crippen molar-refractivity contribution in [3.05, 3.63) is 48.0 Å². The molecule has 3 rings (SSSR count). The number of fused-ring (bicyclic) bond motifs is 1. The van der Waals surface area contributed by atoms with E-state index >= 15 is 0 Å². The number of pyridine rings is 1. The summed E-state index contributed by atoms with van der Waals surface area (Å²) in [6.07, 6.45) is 0. The van der Waals surface area contributed by atoms with Crippen LogP contribution in [0, 0.1) is 0 Å². The van der Waals surface area contributed by atoms with Crippen LogP contribution in [0.25, 0.3) is 5.65 Å². The molecule has 134 valence electrons. The molecule has 0 atom stereocenters. The number of nitrogens with zero attached hydrogens (tertiary/aromatic N) is 3. The van der Waals surface area contributed by atoms with E-state index in [4.69, 9.17) is 9.47 Å². The molecule has 2 amide bonds. The number of urea groups is 1. The third kappa shape index (κ3) is 3.56. The molecule has 0 saturated carbocycles. The molecule has 9 heteroatoms. The molecule has 1 aromatic carbocycles. The molecule has 2 heterocycles. The van der Waals surface area contributed by atoms with E-state index in [0.29, 0.717) is 29.4 Å². The number of ether oxygens (including phenoxy) is 2.